The van der Waals surface area contributed by atoms with Crippen molar-refractivity contribution in [3.63, 3.8) is 0 Å². The van der Waals surface area contributed by atoms with Gasteiger partial charge in [-0.1, -0.05) is 44.2 Å². The zero-order valence-electron chi connectivity index (χ0n) is 16.5. The van der Waals surface area contributed by atoms with Crippen LogP contribution in [0.15, 0.2) is 64.6 Å². The fourth-order valence-corrected chi connectivity index (χ4v) is 3.73. The van der Waals surface area contributed by atoms with Crippen LogP contribution in [-0.2, 0) is 11.3 Å². The molecule has 0 spiro atoms. The van der Waals surface area contributed by atoms with Crippen LogP contribution < -0.4 is 16.0 Å². The van der Waals surface area contributed by atoms with E-state index < -0.39 is 11.9 Å². The first kappa shape index (κ1) is 20.8. The third kappa shape index (κ3) is 6.04. The minimum absolute atomic E-state index is 0.0165. The molecule has 152 valence electrons. The Morgan fingerprint density at radius 3 is 2.41 bits per heavy atom. The number of carbonyl (C=O) groups excluding carboxylic acids is 2. The van der Waals surface area contributed by atoms with E-state index in [0.29, 0.717) is 11.7 Å². The molecule has 0 aliphatic carbocycles. The van der Waals surface area contributed by atoms with Gasteiger partial charge < -0.3 is 9.73 Å². The van der Waals surface area contributed by atoms with E-state index in [9.17, 15) is 9.59 Å². The number of benzene rings is 1. The number of urea groups is 1. The van der Waals surface area contributed by atoms with E-state index >= 15 is 0 Å². The Morgan fingerprint density at radius 2 is 1.79 bits per heavy atom. The maximum atomic E-state index is 12.2. The number of thiophene rings is 1. The average Bonchev–Trinajstić information content (AvgIpc) is 3.41. The summed E-state index contributed by atoms with van der Waals surface area (Å²) in [6.45, 7) is 4.55. The maximum absolute atomic E-state index is 12.2. The molecule has 1 atom stereocenters. The summed E-state index contributed by atoms with van der Waals surface area (Å²) in [5.74, 6) is 0.679. The molecule has 1 aromatic carbocycles. The van der Waals surface area contributed by atoms with Gasteiger partial charge in [0.25, 0.3) is 0 Å². The second-order valence-electron chi connectivity index (χ2n) is 6.96. The molecule has 3 rings (SSSR count). The van der Waals surface area contributed by atoms with E-state index in [4.69, 9.17) is 4.42 Å². The first-order chi connectivity index (χ1) is 14.0. The van der Waals surface area contributed by atoms with Crippen molar-refractivity contribution in [3.05, 3.63) is 81.9 Å². The summed E-state index contributed by atoms with van der Waals surface area (Å²) < 4.78 is 5.14. The SMILES string of the molecule is CC(C)c1ccc([C@H](NCC(=O)NC(=O)NCc2ccco2)c2cccs2)cc1. The lowest BCUT2D eigenvalue weighted by atomic mass is 9.98. The molecular formula is C22H25N3O3S. The zero-order chi connectivity index (χ0) is 20.6. The minimum Gasteiger partial charge on any atom is -0.467 e. The summed E-state index contributed by atoms with van der Waals surface area (Å²) in [7, 11) is 0. The van der Waals surface area contributed by atoms with E-state index in [0.717, 1.165) is 10.4 Å². The van der Waals surface area contributed by atoms with Crippen molar-refractivity contribution in [2.75, 3.05) is 6.54 Å². The highest BCUT2D eigenvalue weighted by Gasteiger charge is 2.17. The van der Waals surface area contributed by atoms with Gasteiger partial charge in [-0.05, 0) is 40.6 Å². The minimum atomic E-state index is -0.554. The van der Waals surface area contributed by atoms with Crippen molar-refractivity contribution < 1.29 is 14.0 Å². The van der Waals surface area contributed by atoms with E-state index in [1.165, 1.54) is 11.8 Å². The molecule has 0 bridgehead atoms. The van der Waals surface area contributed by atoms with Crippen LogP contribution >= 0.6 is 11.3 Å². The van der Waals surface area contributed by atoms with Gasteiger partial charge in [0.15, 0.2) is 0 Å². The summed E-state index contributed by atoms with van der Waals surface area (Å²) >= 11 is 1.62. The standard InChI is InChI=1S/C22H25N3O3S/c1-15(2)16-7-9-17(10-8-16)21(19-6-4-12-29-19)23-14-20(26)25-22(27)24-13-18-5-3-11-28-18/h3-12,15,21,23H,13-14H2,1-2H3,(H2,24,25,26,27)/t21-/m0/s1. The summed E-state index contributed by atoms with van der Waals surface area (Å²) in [6.07, 6.45) is 1.53. The predicted octanol–water partition coefficient (Wildman–Crippen LogP) is 4.17. The fraction of sp³-hybridized carbons (Fsp3) is 0.273. The fourth-order valence-electron chi connectivity index (χ4n) is 2.90. The van der Waals surface area contributed by atoms with E-state index in [2.05, 4.69) is 54.1 Å². The largest absolute Gasteiger partial charge is 0.467 e. The van der Waals surface area contributed by atoms with Crippen LogP contribution in [0, 0.1) is 0 Å². The first-order valence-electron chi connectivity index (χ1n) is 9.49. The molecule has 0 aliphatic rings. The molecule has 2 aromatic heterocycles. The Morgan fingerprint density at radius 1 is 1.03 bits per heavy atom. The first-order valence-corrected chi connectivity index (χ1v) is 10.4. The van der Waals surface area contributed by atoms with Crippen molar-refractivity contribution in [2.24, 2.45) is 0 Å². The molecule has 0 saturated carbocycles. The normalized spacial score (nSPS) is 12.0. The Balaban J connectivity index is 1.57. The summed E-state index contributed by atoms with van der Waals surface area (Å²) in [5.41, 5.74) is 2.34. The van der Waals surface area contributed by atoms with Gasteiger partial charge in [0, 0.05) is 4.88 Å². The third-order valence-corrected chi connectivity index (χ3v) is 5.42. The number of carbonyl (C=O) groups is 2. The highest BCUT2D eigenvalue weighted by Crippen LogP contribution is 2.27. The molecule has 0 fully saturated rings. The van der Waals surface area contributed by atoms with Crippen LogP contribution in [0.25, 0.3) is 0 Å². The maximum Gasteiger partial charge on any atom is 0.321 e. The van der Waals surface area contributed by atoms with Crippen LogP contribution in [0.3, 0.4) is 0 Å². The Bertz CT molecular complexity index is 903. The predicted molar refractivity (Wildman–Crippen MR) is 114 cm³/mol. The molecule has 0 radical (unpaired) electrons. The Labute approximate surface area is 174 Å². The molecule has 29 heavy (non-hydrogen) atoms. The van der Waals surface area contributed by atoms with Gasteiger partial charge in [-0.25, -0.2) is 4.79 Å². The van der Waals surface area contributed by atoms with Crippen LogP contribution in [-0.4, -0.2) is 18.5 Å². The lowest BCUT2D eigenvalue weighted by Gasteiger charge is -2.19. The molecule has 0 unspecified atom stereocenters. The molecule has 3 amide bonds. The molecule has 7 heteroatoms. The van der Waals surface area contributed by atoms with Crippen molar-refractivity contribution in [2.45, 2.75) is 32.4 Å². The number of nitrogens with one attached hydrogen (secondary N) is 3. The number of furan rings is 1. The third-order valence-electron chi connectivity index (χ3n) is 4.49. The monoisotopic (exact) mass is 411 g/mol. The Hall–Kier alpha value is -2.90. The van der Waals surface area contributed by atoms with Crippen molar-refractivity contribution in [1.29, 1.82) is 0 Å². The van der Waals surface area contributed by atoms with Crippen molar-refractivity contribution in [1.82, 2.24) is 16.0 Å². The van der Waals surface area contributed by atoms with Gasteiger partial charge in [-0.3, -0.25) is 15.4 Å². The highest BCUT2D eigenvalue weighted by molar-refractivity contribution is 7.10. The van der Waals surface area contributed by atoms with Gasteiger partial charge in [0.1, 0.15) is 5.76 Å². The smallest absolute Gasteiger partial charge is 0.321 e. The number of imide groups is 1. The van der Waals surface area contributed by atoms with E-state index in [-0.39, 0.29) is 19.1 Å². The van der Waals surface area contributed by atoms with E-state index in [1.807, 2.05) is 17.5 Å². The van der Waals surface area contributed by atoms with Crippen molar-refractivity contribution >= 4 is 23.3 Å². The lowest BCUT2D eigenvalue weighted by Crippen LogP contribution is -2.43. The molecule has 3 N–H and O–H groups in total. The number of rotatable bonds is 8. The molecular weight excluding hydrogens is 386 g/mol. The second-order valence-corrected chi connectivity index (χ2v) is 7.94. The molecule has 2 heterocycles. The number of hydrogen-bond acceptors (Lipinski definition) is 5. The summed E-state index contributed by atoms with van der Waals surface area (Å²) in [6, 6.07) is 15.2. The summed E-state index contributed by atoms with van der Waals surface area (Å²) in [5, 5.41) is 10.2. The van der Waals surface area contributed by atoms with Gasteiger partial charge in [-0.15, -0.1) is 11.3 Å². The second kappa shape index (κ2) is 10.0. The van der Waals surface area contributed by atoms with Crippen LogP contribution in [0.4, 0.5) is 4.79 Å². The lowest BCUT2D eigenvalue weighted by molar-refractivity contribution is -0.119. The summed E-state index contributed by atoms with van der Waals surface area (Å²) in [4.78, 5) is 25.2. The molecule has 3 aromatic rings. The molecule has 6 nitrogen and oxygen atoms in total. The van der Waals surface area contributed by atoms with Crippen LogP contribution in [0.5, 0.6) is 0 Å². The number of amides is 3. The number of hydrogen-bond donors (Lipinski definition) is 3. The van der Waals surface area contributed by atoms with Gasteiger partial charge >= 0.3 is 6.03 Å². The van der Waals surface area contributed by atoms with E-state index in [1.54, 1.807) is 23.5 Å². The zero-order valence-corrected chi connectivity index (χ0v) is 17.3. The van der Waals surface area contributed by atoms with Gasteiger partial charge in [-0.2, -0.15) is 0 Å². The topological polar surface area (TPSA) is 83.4 Å². The highest BCUT2D eigenvalue weighted by atomic mass is 32.1. The quantitative estimate of drug-likeness (QED) is 0.519. The van der Waals surface area contributed by atoms with Gasteiger partial charge in [0.2, 0.25) is 5.91 Å². The molecule has 0 saturated heterocycles. The van der Waals surface area contributed by atoms with Crippen molar-refractivity contribution in [3.8, 4) is 0 Å². The van der Waals surface area contributed by atoms with Gasteiger partial charge in [0.05, 0.1) is 25.4 Å². The molecule has 0 aliphatic heterocycles. The van der Waals surface area contributed by atoms with Crippen LogP contribution in [0.1, 0.15) is 47.6 Å². The Kier molecular flexibility index (Phi) is 7.21. The van der Waals surface area contributed by atoms with Crippen LogP contribution in [0.2, 0.25) is 0 Å². The average molecular weight is 412 g/mol.